The zero-order chi connectivity index (χ0) is 13.1. The van der Waals surface area contributed by atoms with Crippen LogP contribution in [0.4, 0.5) is 0 Å². The fraction of sp³-hybridized carbons (Fsp3) is 0.471. The first-order valence-corrected chi connectivity index (χ1v) is 7.38. The molecule has 100 valence electrons. The second-order valence-electron chi connectivity index (χ2n) is 5.85. The molecule has 1 N–H and O–H groups in total. The van der Waals surface area contributed by atoms with Gasteiger partial charge < -0.3 is 5.32 Å². The van der Waals surface area contributed by atoms with Crippen LogP contribution in [0.15, 0.2) is 36.7 Å². The zero-order valence-corrected chi connectivity index (χ0v) is 11.6. The van der Waals surface area contributed by atoms with E-state index in [1.165, 1.54) is 42.0 Å². The quantitative estimate of drug-likeness (QED) is 0.898. The lowest BCUT2D eigenvalue weighted by Crippen LogP contribution is -2.32. The van der Waals surface area contributed by atoms with Gasteiger partial charge in [-0.3, -0.25) is 4.98 Å². The maximum atomic E-state index is 4.19. The number of aromatic nitrogens is 1. The average Bonchev–Trinajstić information content (AvgIpc) is 2.47. The zero-order valence-electron chi connectivity index (χ0n) is 11.6. The van der Waals surface area contributed by atoms with E-state index < -0.39 is 0 Å². The lowest BCUT2D eigenvalue weighted by molar-refractivity contribution is 0.307. The van der Waals surface area contributed by atoms with E-state index in [-0.39, 0.29) is 0 Å². The van der Waals surface area contributed by atoms with E-state index in [0.717, 1.165) is 12.5 Å². The highest BCUT2D eigenvalue weighted by atomic mass is 14.9. The summed E-state index contributed by atoms with van der Waals surface area (Å²) in [6.07, 6.45) is 9.23. The fourth-order valence-corrected chi connectivity index (χ4v) is 3.06. The number of fused-ring (bicyclic) bond motifs is 1. The molecule has 1 aliphatic carbocycles. The summed E-state index contributed by atoms with van der Waals surface area (Å²) in [5, 5.41) is 6.29. The highest BCUT2D eigenvalue weighted by Crippen LogP contribution is 2.24. The molecular weight excluding hydrogens is 232 g/mol. The highest BCUT2D eigenvalue weighted by molar-refractivity contribution is 5.84. The highest BCUT2D eigenvalue weighted by Gasteiger charge is 2.17. The van der Waals surface area contributed by atoms with Crippen LogP contribution in [-0.4, -0.2) is 11.0 Å². The predicted octanol–water partition coefficient (Wildman–Crippen LogP) is 3.90. The molecule has 2 aromatic rings. The number of hydrogen-bond donors (Lipinski definition) is 1. The maximum Gasteiger partial charge on any atom is 0.0346 e. The first-order valence-electron chi connectivity index (χ1n) is 7.38. The number of rotatable bonds is 3. The van der Waals surface area contributed by atoms with Crippen LogP contribution in [0.2, 0.25) is 0 Å². The van der Waals surface area contributed by atoms with Crippen molar-refractivity contribution < 1.29 is 0 Å². The Morgan fingerprint density at radius 2 is 2.00 bits per heavy atom. The molecule has 2 nitrogen and oxygen atoms in total. The Morgan fingerprint density at radius 1 is 1.16 bits per heavy atom. The largest absolute Gasteiger partial charge is 0.310 e. The minimum Gasteiger partial charge on any atom is -0.310 e. The van der Waals surface area contributed by atoms with Crippen LogP contribution in [0, 0.1) is 5.92 Å². The Hall–Kier alpha value is -1.41. The molecule has 19 heavy (non-hydrogen) atoms. The third-order valence-corrected chi connectivity index (χ3v) is 4.37. The molecule has 0 saturated heterocycles. The van der Waals surface area contributed by atoms with Crippen molar-refractivity contribution in [2.45, 2.75) is 45.2 Å². The molecule has 0 radical (unpaired) electrons. The van der Waals surface area contributed by atoms with Crippen molar-refractivity contribution in [3.05, 3.63) is 42.2 Å². The molecule has 1 aromatic carbocycles. The molecule has 1 aliphatic rings. The topological polar surface area (TPSA) is 24.9 Å². The van der Waals surface area contributed by atoms with Crippen molar-refractivity contribution in [1.82, 2.24) is 10.3 Å². The van der Waals surface area contributed by atoms with Gasteiger partial charge in [-0.05, 0) is 48.6 Å². The molecule has 1 fully saturated rings. The van der Waals surface area contributed by atoms with Gasteiger partial charge in [-0.1, -0.05) is 25.1 Å². The summed E-state index contributed by atoms with van der Waals surface area (Å²) >= 11 is 0. The molecule has 0 atom stereocenters. The molecular formula is C17H22N2. The van der Waals surface area contributed by atoms with E-state index >= 15 is 0 Å². The summed E-state index contributed by atoms with van der Waals surface area (Å²) in [4.78, 5) is 4.19. The summed E-state index contributed by atoms with van der Waals surface area (Å²) in [7, 11) is 0. The molecule has 0 aliphatic heterocycles. The molecule has 2 heteroatoms. The SMILES string of the molecule is CC1CCC(NCc2cccc3cnccc23)CC1. The minimum absolute atomic E-state index is 0.702. The molecule has 1 saturated carbocycles. The van der Waals surface area contributed by atoms with Crippen LogP contribution in [0.5, 0.6) is 0 Å². The maximum absolute atomic E-state index is 4.19. The standard InChI is InChI=1S/C17H22N2/c1-13-5-7-16(8-6-13)19-12-15-4-2-3-14-11-18-10-9-17(14)15/h2-4,9-11,13,16,19H,5-8,12H2,1H3. The first kappa shape index (κ1) is 12.6. The normalized spacial score (nSPS) is 23.6. The summed E-state index contributed by atoms with van der Waals surface area (Å²) in [6.45, 7) is 3.34. The summed E-state index contributed by atoms with van der Waals surface area (Å²) in [6, 6.07) is 9.31. The number of benzene rings is 1. The van der Waals surface area contributed by atoms with Crippen molar-refractivity contribution in [2.75, 3.05) is 0 Å². The van der Waals surface area contributed by atoms with Gasteiger partial charge in [-0.2, -0.15) is 0 Å². The summed E-state index contributed by atoms with van der Waals surface area (Å²) < 4.78 is 0. The van der Waals surface area contributed by atoms with Gasteiger partial charge in [0.25, 0.3) is 0 Å². The Balaban J connectivity index is 1.68. The van der Waals surface area contributed by atoms with Gasteiger partial charge in [0, 0.05) is 30.4 Å². The molecule has 0 bridgehead atoms. The number of pyridine rings is 1. The smallest absolute Gasteiger partial charge is 0.0346 e. The summed E-state index contributed by atoms with van der Waals surface area (Å²) in [5.74, 6) is 0.918. The molecule has 3 rings (SSSR count). The Labute approximate surface area is 115 Å². The van der Waals surface area contributed by atoms with Gasteiger partial charge in [0.1, 0.15) is 0 Å². The van der Waals surface area contributed by atoms with E-state index in [1.54, 1.807) is 0 Å². The number of hydrogen-bond acceptors (Lipinski definition) is 2. The molecule has 0 unspecified atom stereocenters. The predicted molar refractivity (Wildman–Crippen MR) is 80.0 cm³/mol. The van der Waals surface area contributed by atoms with Gasteiger partial charge in [-0.25, -0.2) is 0 Å². The second kappa shape index (κ2) is 5.70. The fourth-order valence-electron chi connectivity index (χ4n) is 3.06. The van der Waals surface area contributed by atoms with E-state index in [0.29, 0.717) is 6.04 Å². The molecule has 1 heterocycles. The number of nitrogens with zero attached hydrogens (tertiary/aromatic N) is 1. The minimum atomic E-state index is 0.702. The number of nitrogens with one attached hydrogen (secondary N) is 1. The van der Waals surface area contributed by atoms with Gasteiger partial charge in [0.05, 0.1) is 0 Å². The molecule has 0 amide bonds. The molecule has 0 spiro atoms. The average molecular weight is 254 g/mol. The monoisotopic (exact) mass is 254 g/mol. The summed E-state index contributed by atoms with van der Waals surface area (Å²) in [5.41, 5.74) is 1.39. The van der Waals surface area contributed by atoms with Gasteiger partial charge >= 0.3 is 0 Å². The van der Waals surface area contributed by atoms with Crippen LogP contribution in [0.1, 0.15) is 38.2 Å². The van der Waals surface area contributed by atoms with Crippen molar-refractivity contribution in [3.8, 4) is 0 Å². The van der Waals surface area contributed by atoms with Crippen LogP contribution in [0.25, 0.3) is 10.8 Å². The van der Waals surface area contributed by atoms with Crippen molar-refractivity contribution >= 4 is 10.8 Å². The Bertz CT molecular complexity index is 536. The third kappa shape index (κ3) is 2.95. The van der Waals surface area contributed by atoms with Crippen molar-refractivity contribution in [1.29, 1.82) is 0 Å². The van der Waals surface area contributed by atoms with Crippen LogP contribution < -0.4 is 5.32 Å². The van der Waals surface area contributed by atoms with Gasteiger partial charge in [0.2, 0.25) is 0 Å². The van der Waals surface area contributed by atoms with E-state index in [2.05, 4.69) is 41.5 Å². The van der Waals surface area contributed by atoms with E-state index in [9.17, 15) is 0 Å². The second-order valence-corrected chi connectivity index (χ2v) is 5.85. The Morgan fingerprint density at radius 3 is 2.84 bits per heavy atom. The van der Waals surface area contributed by atoms with Crippen LogP contribution in [-0.2, 0) is 6.54 Å². The lowest BCUT2D eigenvalue weighted by atomic mass is 9.87. The van der Waals surface area contributed by atoms with Crippen LogP contribution in [0.3, 0.4) is 0 Å². The molecule has 1 aromatic heterocycles. The van der Waals surface area contributed by atoms with Crippen molar-refractivity contribution in [2.24, 2.45) is 5.92 Å². The van der Waals surface area contributed by atoms with E-state index in [1.807, 2.05) is 12.4 Å². The van der Waals surface area contributed by atoms with Gasteiger partial charge in [0.15, 0.2) is 0 Å². The Kier molecular flexibility index (Phi) is 3.79. The van der Waals surface area contributed by atoms with Crippen molar-refractivity contribution in [3.63, 3.8) is 0 Å². The first-order chi connectivity index (χ1) is 9.33. The lowest BCUT2D eigenvalue weighted by Gasteiger charge is -2.27. The van der Waals surface area contributed by atoms with Crippen LogP contribution >= 0.6 is 0 Å². The third-order valence-electron chi connectivity index (χ3n) is 4.37. The van der Waals surface area contributed by atoms with Gasteiger partial charge in [-0.15, -0.1) is 0 Å². The van der Waals surface area contributed by atoms with E-state index in [4.69, 9.17) is 0 Å².